The Morgan fingerprint density at radius 3 is 2.40 bits per heavy atom. The molecule has 0 bridgehead atoms. The van der Waals surface area contributed by atoms with E-state index in [0.717, 1.165) is 0 Å². The van der Waals surface area contributed by atoms with Crippen molar-refractivity contribution in [2.24, 2.45) is 0 Å². The average molecular weight is 234 g/mol. The highest BCUT2D eigenvalue weighted by Crippen LogP contribution is 2.22. The van der Waals surface area contributed by atoms with Crippen molar-refractivity contribution < 1.29 is 13.2 Å². The van der Waals surface area contributed by atoms with Crippen molar-refractivity contribution >= 4 is 15.9 Å². The fraction of sp³-hybridized carbons (Fsp3) is 0.889. The van der Waals surface area contributed by atoms with Crippen molar-refractivity contribution in [2.75, 3.05) is 11.5 Å². The number of urea groups is 1. The molecular formula is C9H18N2O3S. The Morgan fingerprint density at radius 2 is 2.00 bits per heavy atom. The van der Waals surface area contributed by atoms with Gasteiger partial charge in [-0.2, -0.15) is 0 Å². The Morgan fingerprint density at radius 1 is 1.40 bits per heavy atom. The van der Waals surface area contributed by atoms with E-state index in [2.05, 4.69) is 10.6 Å². The highest BCUT2D eigenvalue weighted by Gasteiger charge is 2.39. The Bertz CT molecular complexity index is 350. The van der Waals surface area contributed by atoms with Crippen LogP contribution in [0.1, 0.15) is 27.2 Å². The number of amides is 2. The van der Waals surface area contributed by atoms with Gasteiger partial charge in [-0.05, 0) is 27.2 Å². The molecule has 1 atom stereocenters. The number of carbonyl (C=O) groups excluding carboxylic acids is 1. The molecule has 1 heterocycles. The third-order valence-electron chi connectivity index (χ3n) is 2.34. The van der Waals surface area contributed by atoms with Crippen LogP contribution in [0.25, 0.3) is 0 Å². The second kappa shape index (κ2) is 4.00. The van der Waals surface area contributed by atoms with E-state index in [0.29, 0.717) is 6.42 Å². The van der Waals surface area contributed by atoms with Gasteiger partial charge in [-0.15, -0.1) is 0 Å². The van der Waals surface area contributed by atoms with Crippen LogP contribution in [-0.4, -0.2) is 37.5 Å². The first-order chi connectivity index (χ1) is 6.72. The molecule has 2 N–H and O–H groups in total. The van der Waals surface area contributed by atoms with Gasteiger partial charge in [0.1, 0.15) is 0 Å². The third kappa shape index (κ3) is 3.70. The average Bonchev–Trinajstić information content (AvgIpc) is 2.22. The summed E-state index contributed by atoms with van der Waals surface area (Å²) < 4.78 is 22.6. The van der Waals surface area contributed by atoms with Crippen molar-refractivity contribution in [1.29, 1.82) is 0 Å². The fourth-order valence-electron chi connectivity index (χ4n) is 1.68. The molecule has 1 rings (SSSR count). The first kappa shape index (κ1) is 12.3. The molecule has 2 amide bonds. The van der Waals surface area contributed by atoms with E-state index in [1.807, 2.05) is 13.8 Å². The summed E-state index contributed by atoms with van der Waals surface area (Å²) in [4.78, 5) is 11.4. The number of hydrogen-bond donors (Lipinski definition) is 2. The maximum atomic E-state index is 11.4. The largest absolute Gasteiger partial charge is 0.336 e. The van der Waals surface area contributed by atoms with Crippen LogP contribution in [0.15, 0.2) is 0 Å². The first-order valence-corrected chi connectivity index (χ1v) is 6.84. The van der Waals surface area contributed by atoms with Crippen molar-refractivity contribution in [1.82, 2.24) is 10.6 Å². The van der Waals surface area contributed by atoms with Crippen LogP contribution in [0.4, 0.5) is 4.79 Å². The maximum Gasteiger partial charge on any atom is 0.315 e. The van der Waals surface area contributed by atoms with Gasteiger partial charge in [0.15, 0.2) is 9.84 Å². The van der Waals surface area contributed by atoms with Crippen LogP contribution >= 0.6 is 0 Å². The molecule has 0 radical (unpaired) electrons. The van der Waals surface area contributed by atoms with Crippen LogP contribution in [0.2, 0.25) is 0 Å². The molecule has 1 aliphatic heterocycles. The molecule has 88 valence electrons. The number of hydrogen-bond acceptors (Lipinski definition) is 3. The van der Waals surface area contributed by atoms with Gasteiger partial charge in [-0.25, -0.2) is 13.2 Å². The molecule has 0 saturated carbocycles. The lowest BCUT2D eigenvalue weighted by Gasteiger charge is -2.24. The first-order valence-electron chi connectivity index (χ1n) is 5.02. The van der Waals surface area contributed by atoms with Crippen LogP contribution < -0.4 is 10.6 Å². The summed E-state index contributed by atoms with van der Waals surface area (Å²) in [5.41, 5.74) is -0.613. The molecule has 0 aromatic rings. The number of nitrogens with one attached hydrogen (secondary N) is 2. The van der Waals surface area contributed by atoms with E-state index in [1.165, 1.54) is 0 Å². The lowest BCUT2D eigenvalue weighted by atomic mass is 10.0. The molecule has 0 aromatic carbocycles. The van der Waals surface area contributed by atoms with Crippen molar-refractivity contribution in [3.05, 3.63) is 0 Å². The Balaban J connectivity index is 2.55. The summed E-state index contributed by atoms with van der Waals surface area (Å²) in [5, 5.41) is 5.39. The zero-order valence-electron chi connectivity index (χ0n) is 9.33. The predicted molar refractivity (Wildman–Crippen MR) is 58.5 cm³/mol. The molecule has 0 spiro atoms. The Hall–Kier alpha value is -0.780. The summed E-state index contributed by atoms with van der Waals surface area (Å²) in [6, 6.07) is -0.254. The molecule has 0 aliphatic carbocycles. The van der Waals surface area contributed by atoms with E-state index in [-0.39, 0.29) is 23.6 Å². The van der Waals surface area contributed by atoms with Crippen LogP contribution in [0.3, 0.4) is 0 Å². The van der Waals surface area contributed by atoms with E-state index in [1.54, 1.807) is 6.92 Å². The molecule has 0 aromatic heterocycles. The lowest BCUT2D eigenvalue weighted by Crippen LogP contribution is -2.52. The van der Waals surface area contributed by atoms with Gasteiger partial charge in [0.2, 0.25) is 0 Å². The molecule has 6 heteroatoms. The summed E-state index contributed by atoms with van der Waals surface area (Å²) >= 11 is 0. The standard InChI is InChI=1S/C9H18N2O3S/c1-7(2)10-8(12)11-9(3)4-5-15(13,14)6-9/h7H,4-6H2,1-3H3,(H2,10,11,12)/t9-/m0/s1. The normalized spacial score (nSPS) is 29.1. The van der Waals surface area contributed by atoms with Crippen molar-refractivity contribution in [3.8, 4) is 0 Å². The van der Waals surface area contributed by atoms with E-state index < -0.39 is 15.4 Å². The molecule has 1 saturated heterocycles. The fourth-order valence-corrected chi connectivity index (χ4v) is 3.77. The van der Waals surface area contributed by atoms with E-state index in [4.69, 9.17) is 0 Å². The molecule has 5 nitrogen and oxygen atoms in total. The van der Waals surface area contributed by atoms with Gasteiger partial charge in [0, 0.05) is 6.04 Å². The summed E-state index contributed by atoms with van der Waals surface area (Å²) in [5.74, 6) is 0.191. The second-order valence-electron chi connectivity index (χ2n) is 4.66. The Kier molecular flexibility index (Phi) is 3.28. The van der Waals surface area contributed by atoms with Crippen LogP contribution in [0, 0.1) is 0 Å². The summed E-state index contributed by atoms with van der Waals surface area (Å²) in [6.45, 7) is 5.47. The smallest absolute Gasteiger partial charge is 0.315 e. The highest BCUT2D eigenvalue weighted by molar-refractivity contribution is 7.91. The summed E-state index contributed by atoms with van der Waals surface area (Å²) in [7, 11) is -2.97. The number of carbonyl (C=O) groups is 1. The minimum absolute atomic E-state index is 0.0332. The zero-order chi connectivity index (χ0) is 11.7. The molecular weight excluding hydrogens is 216 g/mol. The molecule has 1 fully saturated rings. The number of rotatable bonds is 2. The third-order valence-corrected chi connectivity index (χ3v) is 4.24. The van der Waals surface area contributed by atoms with Gasteiger partial charge >= 0.3 is 6.03 Å². The topological polar surface area (TPSA) is 75.3 Å². The SMILES string of the molecule is CC(C)NC(=O)N[C@@]1(C)CCS(=O)(=O)C1. The van der Waals surface area contributed by atoms with Crippen molar-refractivity contribution in [3.63, 3.8) is 0 Å². The Labute approximate surface area is 90.5 Å². The lowest BCUT2D eigenvalue weighted by molar-refractivity contribution is 0.228. The summed E-state index contributed by atoms with van der Waals surface area (Å²) in [6.07, 6.45) is 0.487. The van der Waals surface area contributed by atoms with Gasteiger partial charge in [-0.1, -0.05) is 0 Å². The van der Waals surface area contributed by atoms with Crippen LogP contribution in [-0.2, 0) is 9.84 Å². The van der Waals surface area contributed by atoms with Gasteiger partial charge < -0.3 is 10.6 Å². The molecule has 1 aliphatic rings. The zero-order valence-corrected chi connectivity index (χ0v) is 10.1. The minimum atomic E-state index is -2.97. The van der Waals surface area contributed by atoms with Crippen LogP contribution in [0.5, 0.6) is 0 Å². The van der Waals surface area contributed by atoms with E-state index >= 15 is 0 Å². The van der Waals surface area contributed by atoms with Crippen molar-refractivity contribution in [2.45, 2.75) is 38.8 Å². The predicted octanol–water partition coefficient (Wildman–Crippen LogP) is 0.271. The van der Waals surface area contributed by atoms with E-state index in [9.17, 15) is 13.2 Å². The minimum Gasteiger partial charge on any atom is -0.336 e. The number of sulfone groups is 1. The quantitative estimate of drug-likeness (QED) is 0.720. The monoisotopic (exact) mass is 234 g/mol. The van der Waals surface area contributed by atoms with Gasteiger partial charge in [-0.3, -0.25) is 0 Å². The second-order valence-corrected chi connectivity index (χ2v) is 6.84. The van der Waals surface area contributed by atoms with Gasteiger partial charge in [0.25, 0.3) is 0 Å². The molecule has 0 unspecified atom stereocenters. The highest BCUT2D eigenvalue weighted by atomic mass is 32.2. The van der Waals surface area contributed by atoms with Gasteiger partial charge in [0.05, 0.1) is 17.0 Å². The maximum absolute atomic E-state index is 11.4. The molecule has 15 heavy (non-hydrogen) atoms.